The van der Waals surface area contributed by atoms with Crippen LogP contribution in [0.15, 0.2) is 45.3 Å². The molecule has 0 saturated carbocycles. The summed E-state index contributed by atoms with van der Waals surface area (Å²) in [6, 6.07) is 9.72. The fraction of sp³-hybridized carbons (Fsp3) is 0.0833. The lowest BCUT2D eigenvalue weighted by atomic mass is 10.1. The average molecular weight is 271 g/mol. The molecular formula is C12H8Cl2OS. The fourth-order valence-electron chi connectivity index (χ4n) is 1.43. The third-order valence-electron chi connectivity index (χ3n) is 2.19. The molecule has 0 spiro atoms. The SMILES string of the molecule is S=c1oc2ccccc2cc1CC=C(Cl)Cl. The molecule has 1 aromatic heterocycles. The van der Waals surface area contributed by atoms with Gasteiger partial charge in [0.2, 0.25) is 0 Å². The number of rotatable bonds is 2. The van der Waals surface area contributed by atoms with E-state index in [9.17, 15) is 0 Å². The highest BCUT2D eigenvalue weighted by atomic mass is 35.5. The molecule has 2 rings (SSSR count). The minimum Gasteiger partial charge on any atom is -0.445 e. The number of benzene rings is 1. The van der Waals surface area contributed by atoms with Gasteiger partial charge >= 0.3 is 0 Å². The second kappa shape index (κ2) is 5.00. The van der Waals surface area contributed by atoms with Gasteiger partial charge in [-0.3, -0.25) is 0 Å². The minimum absolute atomic E-state index is 0.238. The molecule has 0 amide bonds. The van der Waals surface area contributed by atoms with Gasteiger partial charge in [0.25, 0.3) is 0 Å². The largest absolute Gasteiger partial charge is 0.445 e. The van der Waals surface area contributed by atoms with Crippen molar-refractivity contribution in [3.63, 3.8) is 0 Å². The summed E-state index contributed by atoms with van der Waals surface area (Å²) in [6.45, 7) is 0. The van der Waals surface area contributed by atoms with Crippen LogP contribution in [-0.2, 0) is 6.42 Å². The summed E-state index contributed by atoms with van der Waals surface area (Å²) in [5.74, 6) is 0. The molecule has 82 valence electrons. The van der Waals surface area contributed by atoms with Gasteiger partial charge in [-0.1, -0.05) is 41.4 Å². The Kier molecular flexibility index (Phi) is 3.64. The lowest BCUT2D eigenvalue weighted by Crippen LogP contribution is -1.84. The Balaban J connectivity index is 2.50. The van der Waals surface area contributed by atoms with Crippen LogP contribution in [0.4, 0.5) is 0 Å². The zero-order valence-electron chi connectivity index (χ0n) is 8.24. The monoisotopic (exact) mass is 270 g/mol. The lowest BCUT2D eigenvalue weighted by Gasteiger charge is -2.00. The Labute approximate surface area is 108 Å². The Bertz CT molecular complexity index is 597. The van der Waals surface area contributed by atoms with Gasteiger partial charge in [-0.05, 0) is 36.8 Å². The van der Waals surface area contributed by atoms with E-state index in [-0.39, 0.29) is 4.49 Å². The molecule has 2 aromatic rings. The molecule has 1 heterocycles. The number of para-hydroxylation sites is 1. The number of hydrogen-bond acceptors (Lipinski definition) is 2. The number of allylic oxidation sites excluding steroid dienone is 1. The molecule has 1 nitrogen and oxygen atoms in total. The van der Waals surface area contributed by atoms with Gasteiger partial charge in [0.15, 0.2) is 4.71 Å². The predicted octanol–water partition coefficient (Wildman–Crippen LogP) is 5.02. The molecule has 0 fully saturated rings. The van der Waals surface area contributed by atoms with E-state index in [4.69, 9.17) is 39.8 Å². The molecule has 0 radical (unpaired) electrons. The fourth-order valence-corrected chi connectivity index (χ4v) is 1.82. The highest BCUT2D eigenvalue weighted by molar-refractivity contribution is 7.71. The van der Waals surface area contributed by atoms with E-state index in [0.717, 1.165) is 16.5 Å². The highest BCUT2D eigenvalue weighted by Crippen LogP contribution is 2.19. The normalized spacial score (nSPS) is 10.4. The molecule has 0 N–H and O–H groups in total. The highest BCUT2D eigenvalue weighted by Gasteiger charge is 2.00. The van der Waals surface area contributed by atoms with Crippen LogP contribution in [0, 0.1) is 4.71 Å². The first-order chi connectivity index (χ1) is 7.66. The van der Waals surface area contributed by atoms with E-state index in [2.05, 4.69) is 0 Å². The molecular weight excluding hydrogens is 263 g/mol. The number of hydrogen-bond donors (Lipinski definition) is 0. The van der Waals surface area contributed by atoms with E-state index in [1.54, 1.807) is 6.08 Å². The van der Waals surface area contributed by atoms with Crippen molar-refractivity contribution in [2.75, 3.05) is 0 Å². The van der Waals surface area contributed by atoms with E-state index >= 15 is 0 Å². The van der Waals surface area contributed by atoms with Crippen molar-refractivity contribution in [2.24, 2.45) is 0 Å². The molecule has 0 aliphatic heterocycles. The van der Waals surface area contributed by atoms with Gasteiger partial charge in [-0.15, -0.1) is 0 Å². The van der Waals surface area contributed by atoms with Gasteiger partial charge in [0.05, 0.1) is 0 Å². The molecule has 0 saturated heterocycles. The van der Waals surface area contributed by atoms with Crippen LogP contribution >= 0.6 is 35.4 Å². The molecule has 0 aliphatic carbocycles. The molecule has 1 aromatic carbocycles. The van der Waals surface area contributed by atoms with Crippen molar-refractivity contribution in [3.8, 4) is 0 Å². The third-order valence-corrected chi connectivity index (χ3v) is 2.84. The Morgan fingerprint density at radius 1 is 1.31 bits per heavy atom. The first kappa shape index (κ1) is 11.6. The number of fused-ring (bicyclic) bond motifs is 1. The topological polar surface area (TPSA) is 13.1 Å². The van der Waals surface area contributed by atoms with Gasteiger partial charge in [0.1, 0.15) is 10.1 Å². The van der Waals surface area contributed by atoms with Crippen LogP contribution in [0.25, 0.3) is 11.0 Å². The molecule has 0 bridgehead atoms. The van der Waals surface area contributed by atoms with Crippen LogP contribution in [-0.4, -0.2) is 0 Å². The Morgan fingerprint density at radius 3 is 2.81 bits per heavy atom. The zero-order valence-corrected chi connectivity index (χ0v) is 10.6. The smallest absolute Gasteiger partial charge is 0.194 e. The predicted molar refractivity (Wildman–Crippen MR) is 70.5 cm³/mol. The van der Waals surface area contributed by atoms with Crippen LogP contribution < -0.4 is 0 Å². The summed E-state index contributed by atoms with van der Waals surface area (Å²) in [6.07, 6.45) is 2.27. The van der Waals surface area contributed by atoms with Gasteiger partial charge in [-0.25, -0.2) is 0 Å². The van der Waals surface area contributed by atoms with Crippen molar-refractivity contribution in [1.29, 1.82) is 0 Å². The molecule has 0 unspecified atom stereocenters. The minimum atomic E-state index is 0.238. The van der Waals surface area contributed by atoms with Crippen molar-refractivity contribution in [1.82, 2.24) is 0 Å². The second-order valence-electron chi connectivity index (χ2n) is 3.29. The molecule has 4 heteroatoms. The first-order valence-electron chi connectivity index (χ1n) is 4.70. The Hall–Kier alpha value is -0.830. The zero-order chi connectivity index (χ0) is 11.5. The van der Waals surface area contributed by atoms with Gasteiger partial charge in [-0.2, -0.15) is 0 Å². The first-order valence-corrected chi connectivity index (χ1v) is 5.86. The van der Waals surface area contributed by atoms with Crippen LogP contribution in [0.1, 0.15) is 5.56 Å². The standard InChI is InChI=1S/C12H8Cl2OS/c13-11(14)6-5-9-7-8-3-1-2-4-10(8)15-12(9)16/h1-4,6-7H,5H2. The van der Waals surface area contributed by atoms with Crippen LogP contribution in [0.5, 0.6) is 0 Å². The second-order valence-corrected chi connectivity index (χ2v) is 4.67. The summed E-state index contributed by atoms with van der Waals surface area (Å²) >= 11 is 16.3. The van der Waals surface area contributed by atoms with E-state index in [1.807, 2.05) is 30.3 Å². The maximum absolute atomic E-state index is 5.56. The summed E-state index contributed by atoms with van der Waals surface area (Å²) in [5.41, 5.74) is 1.70. The maximum atomic E-state index is 5.56. The van der Waals surface area contributed by atoms with Crippen molar-refractivity contribution in [3.05, 3.63) is 51.2 Å². The Morgan fingerprint density at radius 2 is 2.06 bits per heavy atom. The lowest BCUT2D eigenvalue weighted by molar-refractivity contribution is 0.579. The third kappa shape index (κ3) is 2.64. The number of halogens is 2. The maximum Gasteiger partial charge on any atom is 0.194 e. The summed E-state index contributed by atoms with van der Waals surface area (Å²) in [4.78, 5) is 0. The van der Waals surface area contributed by atoms with Crippen molar-refractivity contribution >= 4 is 46.4 Å². The van der Waals surface area contributed by atoms with E-state index < -0.39 is 0 Å². The molecule has 16 heavy (non-hydrogen) atoms. The average Bonchev–Trinajstić information content (AvgIpc) is 2.26. The summed E-state index contributed by atoms with van der Waals surface area (Å²) in [5, 5.41) is 1.02. The van der Waals surface area contributed by atoms with Gasteiger partial charge < -0.3 is 4.42 Å². The quantitative estimate of drug-likeness (QED) is 0.711. The van der Waals surface area contributed by atoms with E-state index in [0.29, 0.717) is 11.1 Å². The van der Waals surface area contributed by atoms with Crippen LogP contribution in [0.2, 0.25) is 0 Å². The summed E-state index contributed by atoms with van der Waals surface area (Å²) in [7, 11) is 0. The van der Waals surface area contributed by atoms with E-state index in [1.165, 1.54) is 0 Å². The van der Waals surface area contributed by atoms with Crippen LogP contribution in [0.3, 0.4) is 0 Å². The molecule has 0 atom stereocenters. The summed E-state index contributed by atoms with van der Waals surface area (Å²) < 4.78 is 6.24. The van der Waals surface area contributed by atoms with Gasteiger partial charge in [0, 0.05) is 10.9 Å². The molecule has 0 aliphatic rings. The van der Waals surface area contributed by atoms with Crippen molar-refractivity contribution < 1.29 is 4.42 Å². The van der Waals surface area contributed by atoms with Crippen molar-refractivity contribution in [2.45, 2.75) is 6.42 Å².